The molecule has 1 saturated carbocycles. The molecule has 3 amide bonds. The second-order valence-corrected chi connectivity index (χ2v) is 9.89. The first-order valence-corrected chi connectivity index (χ1v) is 13.3. The van der Waals surface area contributed by atoms with E-state index in [1.54, 1.807) is 0 Å². The van der Waals surface area contributed by atoms with Crippen LogP contribution in [0.4, 0.5) is 15.3 Å². The van der Waals surface area contributed by atoms with Crippen molar-refractivity contribution in [3.8, 4) is 11.3 Å². The Morgan fingerprint density at radius 3 is 2.42 bits per heavy atom. The van der Waals surface area contributed by atoms with E-state index in [2.05, 4.69) is 20.5 Å². The van der Waals surface area contributed by atoms with Gasteiger partial charge < -0.3 is 30.4 Å². The van der Waals surface area contributed by atoms with Crippen molar-refractivity contribution in [1.82, 2.24) is 20.2 Å². The monoisotopic (exact) mass is 519 g/mol. The van der Waals surface area contributed by atoms with Crippen molar-refractivity contribution < 1.29 is 19.4 Å². The quantitative estimate of drug-likeness (QED) is 0.317. The molecule has 1 fully saturated rings. The van der Waals surface area contributed by atoms with Gasteiger partial charge in [0.2, 0.25) is 0 Å². The molecule has 38 heavy (non-hydrogen) atoms. The van der Waals surface area contributed by atoms with Crippen LogP contribution >= 0.6 is 0 Å². The lowest BCUT2D eigenvalue weighted by Gasteiger charge is -2.29. The third-order valence-electron chi connectivity index (χ3n) is 6.70. The van der Waals surface area contributed by atoms with Gasteiger partial charge in [-0.05, 0) is 62.8 Å². The molecule has 0 atom stereocenters. The molecular weight excluding hydrogens is 482 g/mol. The van der Waals surface area contributed by atoms with Gasteiger partial charge in [0, 0.05) is 30.7 Å². The van der Waals surface area contributed by atoms with Gasteiger partial charge in [0.05, 0.1) is 24.6 Å². The molecule has 9 heteroatoms. The van der Waals surface area contributed by atoms with Crippen LogP contribution in [-0.2, 0) is 17.8 Å². The Morgan fingerprint density at radius 2 is 1.76 bits per heavy atom. The number of aliphatic hydroxyl groups is 1. The number of anilines is 1. The summed E-state index contributed by atoms with van der Waals surface area (Å²) in [6.45, 7) is 4.58. The van der Waals surface area contributed by atoms with Crippen molar-refractivity contribution in [3.05, 3.63) is 72.2 Å². The lowest BCUT2D eigenvalue weighted by atomic mass is 9.85. The van der Waals surface area contributed by atoms with Crippen LogP contribution in [0.2, 0.25) is 0 Å². The molecule has 4 N–H and O–H groups in total. The average Bonchev–Trinajstić information content (AvgIpc) is 3.32. The molecule has 1 aliphatic rings. The lowest BCUT2D eigenvalue weighted by molar-refractivity contribution is 0.109. The number of urea groups is 1. The van der Waals surface area contributed by atoms with Gasteiger partial charge in [-0.15, -0.1) is 0 Å². The van der Waals surface area contributed by atoms with Gasteiger partial charge in [-0.3, -0.25) is 0 Å². The zero-order chi connectivity index (χ0) is 26.9. The summed E-state index contributed by atoms with van der Waals surface area (Å²) in [6.07, 6.45) is 4.85. The van der Waals surface area contributed by atoms with E-state index in [-0.39, 0.29) is 36.8 Å². The number of nitrogens with zero attached hydrogens (tertiary/aromatic N) is 2. The minimum atomic E-state index is -0.362. The molecule has 0 radical (unpaired) electrons. The first kappa shape index (κ1) is 27.2. The van der Waals surface area contributed by atoms with E-state index in [9.17, 15) is 14.7 Å². The predicted octanol–water partition coefficient (Wildman–Crippen LogP) is 5.02. The molecule has 202 valence electrons. The van der Waals surface area contributed by atoms with Gasteiger partial charge in [-0.2, -0.15) is 0 Å². The van der Waals surface area contributed by atoms with E-state index in [1.807, 2.05) is 74.6 Å². The number of carbonyl (C=O) groups excluding carboxylic acids is 2. The van der Waals surface area contributed by atoms with Crippen molar-refractivity contribution in [2.75, 3.05) is 11.9 Å². The maximum atomic E-state index is 12.3. The summed E-state index contributed by atoms with van der Waals surface area (Å²) in [6, 6.07) is 17.2. The van der Waals surface area contributed by atoms with Crippen molar-refractivity contribution in [3.63, 3.8) is 0 Å². The van der Waals surface area contributed by atoms with Crippen LogP contribution in [0.1, 0.15) is 56.8 Å². The summed E-state index contributed by atoms with van der Waals surface area (Å²) in [5.41, 5.74) is 3.60. The maximum Gasteiger partial charge on any atom is 0.407 e. The molecule has 4 rings (SSSR count). The van der Waals surface area contributed by atoms with Crippen LogP contribution < -0.4 is 16.0 Å². The second-order valence-electron chi connectivity index (χ2n) is 9.89. The molecule has 1 heterocycles. The van der Waals surface area contributed by atoms with Crippen LogP contribution in [-0.4, -0.2) is 45.5 Å². The number of imidazole rings is 1. The highest BCUT2D eigenvalue weighted by molar-refractivity contribution is 5.89. The van der Waals surface area contributed by atoms with Crippen LogP contribution in [0.5, 0.6) is 0 Å². The minimum Gasteiger partial charge on any atom is -0.447 e. The average molecular weight is 520 g/mol. The zero-order valence-electron chi connectivity index (χ0n) is 22.0. The van der Waals surface area contributed by atoms with Crippen molar-refractivity contribution in [2.45, 2.75) is 70.7 Å². The Morgan fingerprint density at radius 1 is 1.05 bits per heavy atom. The van der Waals surface area contributed by atoms with Gasteiger partial charge in [-0.1, -0.05) is 42.5 Å². The molecular formula is C29H37N5O4. The molecule has 3 aromatic rings. The number of aliphatic hydroxyl groups excluding tert-OH is 1. The number of nitrogens with one attached hydrogen (secondary N) is 3. The van der Waals surface area contributed by atoms with Crippen LogP contribution in [0, 0.1) is 0 Å². The topological polar surface area (TPSA) is 118 Å². The molecule has 0 saturated heterocycles. The fraction of sp³-hybridized carbons (Fsp3) is 0.414. The highest BCUT2D eigenvalue weighted by Crippen LogP contribution is 2.34. The summed E-state index contributed by atoms with van der Waals surface area (Å²) >= 11 is 0. The Balaban J connectivity index is 1.36. The second kappa shape index (κ2) is 13.1. The number of hydrogen-bond acceptors (Lipinski definition) is 5. The minimum absolute atomic E-state index is 0.00945. The van der Waals surface area contributed by atoms with Crippen molar-refractivity contribution in [1.29, 1.82) is 0 Å². The summed E-state index contributed by atoms with van der Waals surface area (Å²) in [4.78, 5) is 29.0. The number of alkyl carbamates (subject to hydrolysis) is 1. The Labute approximate surface area is 223 Å². The highest BCUT2D eigenvalue weighted by Gasteiger charge is 2.28. The molecule has 2 aromatic carbocycles. The molecule has 0 unspecified atom stereocenters. The number of rotatable bonds is 9. The first-order chi connectivity index (χ1) is 18.4. The van der Waals surface area contributed by atoms with Gasteiger partial charge in [-0.25, -0.2) is 14.6 Å². The number of hydrogen-bond donors (Lipinski definition) is 4. The fourth-order valence-electron chi connectivity index (χ4n) is 4.87. The predicted molar refractivity (Wildman–Crippen MR) is 147 cm³/mol. The Hall–Kier alpha value is -3.85. The lowest BCUT2D eigenvalue weighted by Crippen LogP contribution is -2.38. The van der Waals surface area contributed by atoms with Gasteiger partial charge in [0.25, 0.3) is 0 Å². The van der Waals surface area contributed by atoms with E-state index < -0.39 is 0 Å². The van der Waals surface area contributed by atoms with E-state index >= 15 is 0 Å². The molecule has 0 aliphatic heterocycles. The van der Waals surface area contributed by atoms with E-state index in [0.29, 0.717) is 18.8 Å². The van der Waals surface area contributed by atoms with E-state index in [4.69, 9.17) is 9.72 Å². The summed E-state index contributed by atoms with van der Waals surface area (Å²) in [7, 11) is 0. The molecule has 0 bridgehead atoms. The number of benzene rings is 2. The number of carbonyl (C=O) groups is 2. The van der Waals surface area contributed by atoms with Crippen LogP contribution in [0.15, 0.2) is 60.8 Å². The normalized spacial score (nSPS) is 17.2. The highest BCUT2D eigenvalue weighted by atomic mass is 16.6. The maximum absolute atomic E-state index is 12.3. The first-order valence-electron chi connectivity index (χ1n) is 13.3. The van der Waals surface area contributed by atoms with Crippen LogP contribution in [0.25, 0.3) is 11.3 Å². The number of ether oxygens (including phenoxy) is 1. The van der Waals surface area contributed by atoms with Crippen molar-refractivity contribution in [2.24, 2.45) is 0 Å². The Kier molecular flexibility index (Phi) is 9.37. The molecule has 1 aliphatic carbocycles. The summed E-state index contributed by atoms with van der Waals surface area (Å²) in [5.74, 6) is 1.21. The standard InChI is InChI=1S/C29H37N5O4/c1-20(2)38-29(37)33-25-14-10-23(11-15-25)27-30-19-26(34(27)16-17-35)22-8-12-24(13-9-22)32-28(36)31-18-21-6-4-3-5-7-21/h3-9,12-13,19-20,23,25,35H,10-11,14-18H2,1-2H3,(H,33,37)(H2,31,32,36). The van der Waals surface area contributed by atoms with Gasteiger partial charge >= 0.3 is 12.1 Å². The Bertz CT molecular complexity index is 1190. The summed E-state index contributed by atoms with van der Waals surface area (Å²) in [5, 5.41) is 18.4. The van der Waals surface area contributed by atoms with E-state index in [1.165, 1.54) is 0 Å². The van der Waals surface area contributed by atoms with Crippen molar-refractivity contribution >= 4 is 17.8 Å². The third kappa shape index (κ3) is 7.35. The molecule has 9 nitrogen and oxygen atoms in total. The smallest absolute Gasteiger partial charge is 0.407 e. The number of aromatic nitrogens is 2. The zero-order valence-corrected chi connectivity index (χ0v) is 22.0. The van der Waals surface area contributed by atoms with Gasteiger partial charge in [0.1, 0.15) is 5.82 Å². The SMILES string of the molecule is CC(C)OC(=O)NC1CCC(c2ncc(-c3ccc(NC(=O)NCc4ccccc4)cc3)n2CCO)CC1. The third-order valence-corrected chi connectivity index (χ3v) is 6.70. The largest absolute Gasteiger partial charge is 0.447 e. The molecule has 0 spiro atoms. The van der Waals surface area contributed by atoms with Crippen LogP contribution in [0.3, 0.4) is 0 Å². The molecule has 1 aromatic heterocycles. The summed E-state index contributed by atoms with van der Waals surface area (Å²) < 4.78 is 7.29. The van der Waals surface area contributed by atoms with Gasteiger partial charge in [0.15, 0.2) is 0 Å². The van der Waals surface area contributed by atoms with E-state index in [0.717, 1.165) is 48.3 Å². The number of amides is 3. The fourth-order valence-corrected chi connectivity index (χ4v) is 4.87.